The number of aromatic hydroxyl groups is 1. The summed E-state index contributed by atoms with van der Waals surface area (Å²) in [6, 6.07) is 2.90. The van der Waals surface area contributed by atoms with Crippen LogP contribution < -0.4 is 4.74 Å². The van der Waals surface area contributed by atoms with Crippen molar-refractivity contribution in [2.45, 2.75) is 40.0 Å². The Balaban J connectivity index is 3.46. The molecule has 0 bridgehead atoms. The van der Waals surface area contributed by atoms with E-state index >= 15 is 0 Å². The van der Waals surface area contributed by atoms with Crippen LogP contribution in [-0.2, 0) is 10.2 Å². The molecule has 98 valence electrons. The number of benzene rings is 1. The van der Waals surface area contributed by atoms with Gasteiger partial charge in [-0.1, -0.05) is 20.8 Å². The van der Waals surface area contributed by atoms with Crippen molar-refractivity contribution >= 4 is 11.8 Å². The Morgan fingerprint density at radius 2 is 1.72 bits per heavy atom. The fourth-order valence-electron chi connectivity index (χ4n) is 1.68. The highest BCUT2D eigenvalue weighted by molar-refractivity contribution is 5.97. The summed E-state index contributed by atoms with van der Waals surface area (Å²) in [5.41, 5.74) is 0.525. The predicted octanol–water partition coefficient (Wildman–Crippen LogP) is 2.82. The van der Waals surface area contributed by atoms with E-state index in [1.807, 2.05) is 20.8 Å². The molecule has 0 aliphatic carbocycles. The first kappa shape index (κ1) is 14.2. The van der Waals surface area contributed by atoms with E-state index in [9.17, 15) is 14.7 Å². The van der Waals surface area contributed by atoms with Crippen LogP contribution in [0.2, 0.25) is 0 Å². The van der Waals surface area contributed by atoms with Gasteiger partial charge in [0.05, 0.1) is 5.56 Å². The number of esters is 1. The largest absolute Gasteiger partial charge is 0.507 e. The van der Waals surface area contributed by atoms with Gasteiger partial charge in [-0.25, -0.2) is 0 Å². The third-order valence-corrected chi connectivity index (χ3v) is 2.54. The molecule has 1 rings (SSSR count). The highest BCUT2D eigenvalue weighted by atomic mass is 16.5. The lowest BCUT2D eigenvalue weighted by Gasteiger charge is -2.23. The number of ketones is 1. The van der Waals surface area contributed by atoms with Crippen LogP contribution in [0.4, 0.5) is 0 Å². The number of phenols is 1. The molecular weight excluding hydrogens is 232 g/mol. The molecule has 0 saturated carbocycles. The van der Waals surface area contributed by atoms with Crippen molar-refractivity contribution in [3.05, 3.63) is 23.3 Å². The normalized spacial score (nSPS) is 11.2. The molecule has 1 N–H and O–H groups in total. The lowest BCUT2D eigenvalue weighted by atomic mass is 9.85. The van der Waals surface area contributed by atoms with Gasteiger partial charge in [-0.2, -0.15) is 0 Å². The number of carbonyl (C=O) groups excluding carboxylic acids is 2. The minimum atomic E-state index is -0.458. The minimum absolute atomic E-state index is 0.0941. The second-order valence-electron chi connectivity index (χ2n) is 5.27. The summed E-state index contributed by atoms with van der Waals surface area (Å²) in [6.45, 7) is 8.45. The van der Waals surface area contributed by atoms with E-state index in [4.69, 9.17) is 4.74 Å². The molecule has 0 aromatic heterocycles. The van der Waals surface area contributed by atoms with Crippen LogP contribution in [0.25, 0.3) is 0 Å². The lowest BCUT2D eigenvalue weighted by molar-refractivity contribution is -0.131. The Morgan fingerprint density at radius 3 is 2.11 bits per heavy atom. The molecular formula is C14H18O4. The SMILES string of the molecule is CC(=O)Oc1cc(C(C)=O)c(O)cc1C(C)(C)C. The van der Waals surface area contributed by atoms with Gasteiger partial charge in [0.2, 0.25) is 0 Å². The van der Waals surface area contributed by atoms with E-state index in [0.717, 1.165) is 0 Å². The topological polar surface area (TPSA) is 63.6 Å². The standard InChI is InChI=1S/C14H18O4/c1-8(15)10-6-13(18-9(2)16)11(7-12(10)17)14(3,4)5/h6-7,17H,1-5H3. The van der Waals surface area contributed by atoms with Crippen LogP contribution in [0.5, 0.6) is 11.5 Å². The molecule has 0 radical (unpaired) electrons. The molecule has 0 amide bonds. The van der Waals surface area contributed by atoms with Crippen LogP contribution in [0.15, 0.2) is 12.1 Å². The number of phenolic OH excluding ortho intramolecular Hbond substituents is 1. The molecule has 0 heterocycles. The first-order valence-corrected chi connectivity index (χ1v) is 5.69. The number of ether oxygens (including phenoxy) is 1. The van der Waals surface area contributed by atoms with Gasteiger partial charge in [-0.05, 0) is 24.5 Å². The Hall–Kier alpha value is -1.84. The molecule has 0 unspecified atom stereocenters. The van der Waals surface area contributed by atoms with E-state index in [0.29, 0.717) is 11.3 Å². The Morgan fingerprint density at radius 1 is 1.17 bits per heavy atom. The third-order valence-electron chi connectivity index (χ3n) is 2.54. The maximum atomic E-state index is 11.4. The van der Waals surface area contributed by atoms with E-state index in [2.05, 4.69) is 0 Å². The maximum absolute atomic E-state index is 11.4. The summed E-state index contributed by atoms with van der Waals surface area (Å²) in [4.78, 5) is 22.5. The first-order chi connectivity index (χ1) is 8.12. The molecule has 0 fully saturated rings. The van der Waals surface area contributed by atoms with Gasteiger partial charge in [0.1, 0.15) is 11.5 Å². The fourth-order valence-corrected chi connectivity index (χ4v) is 1.68. The van der Waals surface area contributed by atoms with E-state index in [-0.39, 0.29) is 22.5 Å². The van der Waals surface area contributed by atoms with Crippen molar-refractivity contribution in [2.24, 2.45) is 0 Å². The van der Waals surface area contributed by atoms with Crippen molar-refractivity contribution in [3.8, 4) is 11.5 Å². The fraction of sp³-hybridized carbons (Fsp3) is 0.429. The summed E-state index contributed by atoms with van der Waals surface area (Å²) >= 11 is 0. The van der Waals surface area contributed by atoms with Gasteiger partial charge in [0.25, 0.3) is 0 Å². The van der Waals surface area contributed by atoms with E-state index in [1.165, 1.54) is 26.0 Å². The predicted molar refractivity (Wildman–Crippen MR) is 68.1 cm³/mol. The number of hydrogen-bond acceptors (Lipinski definition) is 4. The molecule has 4 nitrogen and oxygen atoms in total. The molecule has 0 aliphatic rings. The zero-order valence-electron chi connectivity index (χ0n) is 11.3. The summed E-state index contributed by atoms with van der Waals surface area (Å²) in [6.07, 6.45) is 0. The smallest absolute Gasteiger partial charge is 0.308 e. The lowest BCUT2D eigenvalue weighted by Crippen LogP contribution is -2.15. The molecule has 4 heteroatoms. The Bertz CT molecular complexity index is 495. The number of Topliss-reactive ketones (excluding diaryl/α,β-unsaturated/α-hetero) is 1. The van der Waals surface area contributed by atoms with Crippen LogP contribution in [0.1, 0.15) is 50.5 Å². The van der Waals surface area contributed by atoms with Crippen molar-refractivity contribution < 1.29 is 19.4 Å². The zero-order valence-corrected chi connectivity index (χ0v) is 11.3. The third kappa shape index (κ3) is 3.09. The van der Waals surface area contributed by atoms with Crippen LogP contribution in [0, 0.1) is 0 Å². The van der Waals surface area contributed by atoms with Crippen molar-refractivity contribution in [1.82, 2.24) is 0 Å². The van der Waals surface area contributed by atoms with Crippen molar-refractivity contribution in [3.63, 3.8) is 0 Å². The quantitative estimate of drug-likeness (QED) is 0.498. The van der Waals surface area contributed by atoms with Gasteiger partial charge in [-0.15, -0.1) is 0 Å². The minimum Gasteiger partial charge on any atom is -0.507 e. The Labute approximate surface area is 107 Å². The van der Waals surface area contributed by atoms with Crippen LogP contribution in [0.3, 0.4) is 0 Å². The highest BCUT2D eigenvalue weighted by Crippen LogP contribution is 2.36. The number of carbonyl (C=O) groups is 2. The van der Waals surface area contributed by atoms with Crippen LogP contribution in [-0.4, -0.2) is 16.9 Å². The monoisotopic (exact) mass is 250 g/mol. The number of hydrogen-bond donors (Lipinski definition) is 1. The average molecular weight is 250 g/mol. The second kappa shape index (κ2) is 4.80. The first-order valence-electron chi connectivity index (χ1n) is 5.69. The summed E-state index contributed by atoms with van der Waals surface area (Å²) in [5.74, 6) is -0.511. The molecule has 18 heavy (non-hydrogen) atoms. The van der Waals surface area contributed by atoms with Gasteiger partial charge in [0, 0.05) is 12.5 Å². The molecule has 1 aromatic carbocycles. The molecule has 0 spiro atoms. The molecule has 0 atom stereocenters. The zero-order chi connectivity index (χ0) is 14.1. The number of rotatable bonds is 2. The second-order valence-corrected chi connectivity index (χ2v) is 5.27. The van der Waals surface area contributed by atoms with Gasteiger partial charge >= 0.3 is 5.97 Å². The summed E-state index contributed by atoms with van der Waals surface area (Å²) in [5, 5.41) is 9.82. The summed E-state index contributed by atoms with van der Waals surface area (Å²) in [7, 11) is 0. The van der Waals surface area contributed by atoms with Gasteiger partial charge in [-0.3, -0.25) is 9.59 Å². The highest BCUT2D eigenvalue weighted by Gasteiger charge is 2.23. The van der Waals surface area contributed by atoms with E-state index < -0.39 is 5.97 Å². The van der Waals surface area contributed by atoms with Gasteiger partial charge in [0.15, 0.2) is 5.78 Å². The molecule has 0 saturated heterocycles. The van der Waals surface area contributed by atoms with Crippen molar-refractivity contribution in [1.29, 1.82) is 0 Å². The maximum Gasteiger partial charge on any atom is 0.308 e. The van der Waals surface area contributed by atoms with Crippen molar-refractivity contribution in [2.75, 3.05) is 0 Å². The molecule has 0 aliphatic heterocycles. The van der Waals surface area contributed by atoms with Crippen LogP contribution >= 0.6 is 0 Å². The Kier molecular flexibility index (Phi) is 3.79. The van der Waals surface area contributed by atoms with E-state index in [1.54, 1.807) is 0 Å². The van der Waals surface area contributed by atoms with Gasteiger partial charge < -0.3 is 9.84 Å². The average Bonchev–Trinajstić information content (AvgIpc) is 2.17. The summed E-state index contributed by atoms with van der Waals surface area (Å²) < 4.78 is 5.12. The molecule has 1 aromatic rings.